The first kappa shape index (κ1) is 31.6. The van der Waals surface area contributed by atoms with E-state index in [-0.39, 0.29) is 76.4 Å². The standard InChI is InChI=1S/C3H5NO.2H2O.2Y/c1-2-3(4)5;;;;/h2H,1H2,(H2,4,5);2*1H2;;/p-1. The summed E-state index contributed by atoms with van der Waals surface area (Å²) in [5, 5.41) is 0. The van der Waals surface area contributed by atoms with Gasteiger partial charge >= 0.3 is 0 Å². The molecule has 6 heteroatoms. The number of carbonyl (C=O) groups is 1. The van der Waals surface area contributed by atoms with Crippen molar-refractivity contribution in [3.8, 4) is 0 Å². The van der Waals surface area contributed by atoms with Crippen molar-refractivity contribution in [3.05, 3.63) is 18.4 Å². The Morgan fingerprint density at radius 3 is 1.44 bits per heavy atom. The summed E-state index contributed by atoms with van der Waals surface area (Å²) in [5.41, 5.74) is 6.07. The van der Waals surface area contributed by atoms with Crippen molar-refractivity contribution in [2.24, 2.45) is 0 Å². The van der Waals surface area contributed by atoms with Crippen LogP contribution in [0.2, 0.25) is 0 Å². The molecule has 0 aromatic rings. The number of carbonyl (C=O) groups excluding carboxylic acids is 1. The molecule has 0 spiro atoms. The van der Waals surface area contributed by atoms with Crippen molar-refractivity contribution in [2.45, 2.75) is 0 Å². The molecule has 4 nitrogen and oxygen atoms in total. The van der Waals surface area contributed by atoms with E-state index in [0.717, 1.165) is 6.08 Å². The molecule has 5 N–H and O–H groups in total. The van der Waals surface area contributed by atoms with Crippen LogP contribution < -0.4 is 0 Å². The van der Waals surface area contributed by atoms with Gasteiger partial charge in [-0.2, -0.15) is 0 Å². The van der Waals surface area contributed by atoms with E-state index in [1.807, 2.05) is 0 Å². The minimum absolute atomic E-state index is 0. The summed E-state index contributed by atoms with van der Waals surface area (Å²) in [6.07, 6.45) is 0.944. The molecule has 0 aromatic heterocycles. The Kier molecular flexibility index (Phi) is 80.1. The average molecular weight is 284 g/mol. The molecule has 0 aliphatic carbocycles. The zero-order valence-corrected chi connectivity index (χ0v) is 10.5. The van der Waals surface area contributed by atoms with Crippen molar-refractivity contribution in [3.63, 3.8) is 0 Å². The van der Waals surface area contributed by atoms with E-state index in [1.165, 1.54) is 0 Å². The van der Waals surface area contributed by atoms with Crippen LogP contribution in [0.25, 0.3) is 5.73 Å². The molecule has 0 fully saturated rings. The van der Waals surface area contributed by atoms with Gasteiger partial charge in [0.1, 0.15) is 0 Å². The molecule has 9 heavy (non-hydrogen) atoms. The van der Waals surface area contributed by atoms with Gasteiger partial charge in [-0.1, -0.05) is 6.58 Å². The molecule has 0 saturated carbocycles. The minimum Gasteiger partial charge on any atom is -0.664 e. The van der Waals surface area contributed by atoms with Gasteiger partial charge in [0.2, 0.25) is 0 Å². The summed E-state index contributed by atoms with van der Waals surface area (Å²) in [6, 6.07) is 0. The predicted octanol–water partition coefficient (Wildman–Crippen LogP) is -0.903. The van der Waals surface area contributed by atoms with Crippen LogP contribution in [0, 0.1) is 0 Å². The van der Waals surface area contributed by atoms with Crippen LogP contribution in [0.15, 0.2) is 12.7 Å². The molecule has 50 valence electrons. The van der Waals surface area contributed by atoms with Crippen LogP contribution in [0.1, 0.15) is 0 Å². The Morgan fingerprint density at radius 2 is 1.44 bits per heavy atom. The average Bonchev–Trinajstić information content (AvgIpc) is 1.38. The van der Waals surface area contributed by atoms with Gasteiger partial charge in [-0.15, -0.1) is 0 Å². The third kappa shape index (κ3) is 45.1. The van der Waals surface area contributed by atoms with E-state index in [0.29, 0.717) is 0 Å². The molecule has 0 atom stereocenters. The van der Waals surface area contributed by atoms with Gasteiger partial charge in [-0.25, -0.2) is 0 Å². The number of hydrogen-bond donors (Lipinski definition) is 0. The Hall–Kier alpha value is 1.34. The summed E-state index contributed by atoms with van der Waals surface area (Å²) >= 11 is 0. The van der Waals surface area contributed by atoms with Crippen molar-refractivity contribution >= 4 is 5.91 Å². The largest absolute Gasteiger partial charge is 0.664 e. The second-order valence-electron chi connectivity index (χ2n) is 0.568. The van der Waals surface area contributed by atoms with E-state index < -0.39 is 5.91 Å². The maximum absolute atomic E-state index is 9.36. The number of amides is 1. The Balaban J connectivity index is -0.0000000133. The van der Waals surface area contributed by atoms with Crippen molar-refractivity contribution in [1.82, 2.24) is 0 Å². The normalized spacial score (nSPS) is 3.56. The maximum atomic E-state index is 9.36. The predicted molar refractivity (Wildman–Crippen MR) is 26.8 cm³/mol. The zero-order chi connectivity index (χ0) is 4.28. The summed E-state index contributed by atoms with van der Waals surface area (Å²) < 4.78 is 0. The third-order valence-corrected chi connectivity index (χ3v) is 0.185. The second-order valence-corrected chi connectivity index (χ2v) is 0.568. The van der Waals surface area contributed by atoms with Crippen molar-refractivity contribution in [2.75, 3.05) is 0 Å². The van der Waals surface area contributed by atoms with Gasteiger partial charge in [0.05, 0.1) is 5.91 Å². The fourth-order valence-corrected chi connectivity index (χ4v) is 0. The number of rotatable bonds is 1. The molecular weight excluding hydrogens is 276 g/mol. The number of nitrogens with one attached hydrogen (secondary N) is 1. The third-order valence-electron chi connectivity index (χ3n) is 0.185. The Morgan fingerprint density at radius 1 is 1.33 bits per heavy atom. The van der Waals surface area contributed by atoms with E-state index in [1.54, 1.807) is 0 Å². The van der Waals surface area contributed by atoms with Crippen LogP contribution in [0.3, 0.4) is 0 Å². The van der Waals surface area contributed by atoms with Crippen LogP contribution in [0.4, 0.5) is 0 Å². The van der Waals surface area contributed by atoms with Gasteiger partial charge in [0, 0.05) is 65.4 Å². The quantitative estimate of drug-likeness (QED) is 0.572. The van der Waals surface area contributed by atoms with Crippen LogP contribution in [-0.4, -0.2) is 16.9 Å². The van der Waals surface area contributed by atoms with Crippen LogP contribution >= 0.6 is 0 Å². The number of hydrogen-bond acceptors (Lipinski definition) is 1. The van der Waals surface area contributed by atoms with E-state index >= 15 is 0 Å². The van der Waals surface area contributed by atoms with E-state index in [2.05, 4.69) is 6.58 Å². The zero-order valence-electron chi connectivity index (χ0n) is 4.85. The second kappa shape index (κ2) is 22.8. The first-order valence-electron chi connectivity index (χ1n) is 1.15. The Bertz CT molecular complexity index is 68.1. The maximum Gasteiger partial charge on any atom is 0.0716 e. The summed E-state index contributed by atoms with van der Waals surface area (Å²) in [7, 11) is 0. The SMILES string of the molecule is C=CC([NH-])=O.O.O.[Y].[Y]. The first-order valence-corrected chi connectivity index (χ1v) is 1.15. The van der Waals surface area contributed by atoms with Gasteiger partial charge in [-0.3, -0.25) is 0 Å². The van der Waals surface area contributed by atoms with Gasteiger partial charge in [-0.05, 0) is 6.08 Å². The smallest absolute Gasteiger partial charge is 0.0716 e. The molecule has 0 unspecified atom stereocenters. The topological polar surface area (TPSA) is 104 Å². The fourth-order valence-electron chi connectivity index (χ4n) is 0. The van der Waals surface area contributed by atoms with Gasteiger partial charge in [0.25, 0.3) is 0 Å². The van der Waals surface area contributed by atoms with Gasteiger partial charge in [0.15, 0.2) is 0 Å². The minimum atomic E-state index is -0.731. The van der Waals surface area contributed by atoms with Crippen LogP contribution in [0.5, 0.6) is 0 Å². The van der Waals surface area contributed by atoms with Crippen LogP contribution in [-0.2, 0) is 70.2 Å². The van der Waals surface area contributed by atoms with E-state index in [9.17, 15) is 4.79 Å². The molecule has 0 saturated heterocycles. The molecular formula is C3H8NO3Y2-. The molecule has 0 aliphatic heterocycles. The van der Waals surface area contributed by atoms with Crippen molar-refractivity contribution < 1.29 is 81.2 Å². The summed E-state index contributed by atoms with van der Waals surface area (Å²) in [6.45, 7) is 3.02. The summed E-state index contributed by atoms with van der Waals surface area (Å²) in [4.78, 5) is 9.36. The molecule has 0 aliphatic rings. The molecule has 1 amide bonds. The van der Waals surface area contributed by atoms with E-state index in [4.69, 9.17) is 5.73 Å². The molecule has 0 bridgehead atoms. The summed E-state index contributed by atoms with van der Waals surface area (Å²) in [5.74, 6) is -0.731. The fraction of sp³-hybridized carbons (Fsp3) is 0. The molecule has 0 heterocycles. The monoisotopic (exact) mass is 284 g/mol. The molecule has 0 rings (SSSR count). The molecule has 2 radical (unpaired) electrons. The van der Waals surface area contributed by atoms with Gasteiger partial charge < -0.3 is 21.5 Å². The first-order chi connectivity index (χ1) is 2.27. The Labute approximate surface area is 104 Å². The van der Waals surface area contributed by atoms with Crippen molar-refractivity contribution in [1.29, 1.82) is 0 Å². The molecule has 0 aromatic carbocycles.